The van der Waals surface area contributed by atoms with Gasteiger partial charge in [-0.2, -0.15) is 24.3 Å². The van der Waals surface area contributed by atoms with Crippen molar-refractivity contribution in [3.05, 3.63) is 146 Å². The number of rotatable bonds is 16. The monoisotopic (exact) mass is 1390 g/mol. The molecule has 0 amide bonds. The van der Waals surface area contributed by atoms with Gasteiger partial charge in [0.05, 0.1) is 0 Å². The molecule has 0 atom stereocenters. The quantitative estimate of drug-likeness (QED) is 0.0668. The zero-order valence-corrected chi connectivity index (χ0v) is 63.0. The zero-order chi connectivity index (χ0) is 55.8. The van der Waals surface area contributed by atoms with Crippen LogP contribution in [0, 0.1) is 23.7 Å². The summed E-state index contributed by atoms with van der Waals surface area (Å²) in [7, 11) is 0.159. The molecule has 0 nitrogen and oxygen atoms in total. The topological polar surface area (TPSA) is 0 Å². The third-order valence-corrected chi connectivity index (χ3v) is 31.5. The molecule has 4 saturated carbocycles. The third-order valence-electron chi connectivity index (χ3n) is 18.0. The van der Waals surface area contributed by atoms with E-state index in [1.54, 1.807) is 21.2 Å². The van der Waals surface area contributed by atoms with Crippen LogP contribution < -0.4 is 46.0 Å². The second kappa shape index (κ2) is 38.3. The molecule has 0 heterocycles. The molecule has 4 aliphatic carbocycles. The van der Waals surface area contributed by atoms with Crippen LogP contribution in [-0.2, 0) is 52.4 Å². The summed E-state index contributed by atoms with van der Waals surface area (Å²) in [5.41, 5.74) is 4.07. The van der Waals surface area contributed by atoms with Crippen molar-refractivity contribution in [2.45, 2.75) is 206 Å². The van der Waals surface area contributed by atoms with Crippen LogP contribution in [0.3, 0.4) is 0 Å². The molecule has 0 spiro atoms. The predicted octanol–water partition coefficient (Wildman–Crippen LogP) is 16.6. The molecule has 8 heteroatoms. The average Bonchev–Trinajstić information content (AvgIpc) is 4.31. The first-order valence-electron chi connectivity index (χ1n) is 32.6. The van der Waals surface area contributed by atoms with E-state index in [9.17, 15) is 0 Å². The Kier molecular flexibility index (Phi) is 33.8. The van der Waals surface area contributed by atoms with Gasteiger partial charge in [-0.3, -0.25) is 0 Å². The summed E-state index contributed by atoms with van der Waals surface area (Å²) in [5.74, 6) is 3.20. The van der Waals surface area contributed by atoms with Crippen LogP contribution in [0.4, 0.5) is 0 Å². The molecule has 12 rings (SSSR count). The van der Waals surface area contributed by atoms with Crippen LogP contribution in [0.1, 0.15) is 184 Å². The van der Waals surface area contributed by atoms with Gasteiger partial charge in [0.25, 0.3) is 0 Å². The van der Waals surface area contributed by atoms with Crippen LogP contribution in [0.15, 0.2) is 146 Å². The van der Waals surface area contributed by atoms with E-state index in [0.29, 0.717) is 0 Å². The van der Waals surface area contributed by atoms with Gasteiger partial charge in [0, 0.05) is 0 Å². The molecule has 0 aliphatic heterocycles. The Labute approximate surface area is 568 Å². The van der Waals surface area contributed by atoms with Crippen molar-refractivity contribution in [3.63, 3.8) is 0 Å². The van der Waals surface area contributed by atoms with Gasteiger partial charge in [-0.1, -0.05) is 188 Å². The molecule has 8 aromatic carbocycles. The number of benzene rings is 4. The Morgan fingerprint density at radius 1 is 0.310 bits per heavy atom. The fraction of sp³-hybridized carbons (Fsp3) is 0.526. The molecule has 0 bridgehead atoms. The van der Waals surface area contributed by atoms with E-state index in [4.69, 9.17) is 0 Å². The predicted molar refractivity (Wildman–Crippen MR) is 371 cm³/mol. The molecular formula is C76H104Cl2P4Zr2-2. The van der Waals surface area contributed by atoms with E-state index < -0.39 is 0 Å². The van der Waals surface area contributed by atoms with Gasteiger partial charge in [0.1, 0.15) is 0 Å². The van der Waals surface area contributed by atoms with Crippen molar-refractivity contribution >= 4 is 96.0 Å². The summed E-state index contributed by atoms with van der Waals surface area (Å²) < 4.78 is 0. The third kappa shape index (κ3) is 21.8. The molecule has 0 aromatic heterocycles. The summed E-state index contributed by atoms with van der Waals surface area (Å²) in [5, 5.41) is 18.2. The van der Waals surface area contributed by atoms with Gasteiger partial charge >= 0.3 is 52.4 Å². The Bertz CT molecular complexity index is 2630. The molecule has 0 unspecified atom stereocenters. The summed E-state index contributed by atoms with van der Waals surface area (Å²) in [6, 6.07) is 55.3. The molecular weight excluding hydrogens is 1290 g/mol. The normalized spacial score (nSPS) is 16.6. The first kappa shape index (κ1) is 74.1. The molecule has 4 fully saturated rings. The second-order valence-electron chi connectivity index (χ2n) is 26.7. The Balaban J connectivity index is 0.000000203. The van der Waals surface area contributed by atoms with Gasteiger partial charge in [0.2, 0.25) is 0 Å². The number of fused-ring (bicyclic) bond motifs is 4. The largest absolute Gasteiger partial charge is 2.00 e. The van der Waals surface area contributed by atoms with Crippen LogP contribution in [0.2, 0.25) is 0 Å². The first-order valence-corrected chi connectivity index (χ1v) is 39.0. The average molecular weight is 1390 g/mol. The molecule has 0 N–H and O–H groups in total. The van der Waals surface area contributed by atoms with Crippen molar-refractivity contribution in [2.75, 3.05) is 24.6 Å². The summed E-state index contributed by atoms with van der Waals surface area (Å²) in [6.45, 7) is 18.8. The number of hydrogen-bond donors (Lipinski definition) is 0. The van der Waals surface area contributed by atoms with Gasteiger partial charge in [0.15, 0.2) is 0 Å². The van der Waals surface area contributed by atoms with Crippen molar-refractivity contribution in [3.8, 4) is 0 Å². The summed E-state index contributed by atoms with van der Waals surface area (Å²) in [4.78, 5) is 0. The zero-order valence-electron chi connectivity index (χ0n) is 53.0. The van der Waals surface area contributed by atoms with Crippen LogP contribution in [0.5, 0.6) is 0 Å². The van der Waals surface area contributed by atoms with Gasteiger partial charge in [-0.15, -0.1) is 161 Å². The molecule has 0 saturated heterocycles. The maximum Gasteiger partial charge on any atom is 2.00 e. The van der Waals surface area contributed by atoms with Crippen molar-refractivity contribution < 1.29 is 77.2 Å². The van der Waals surface area contributed by atoms with Gasteiger partial charge in [-0.25, -0.2) is 0 Å². The minimum Gasteiger partial charge on any atom is -1.00 e. The van der Waals surface area contributed by atoms with Crippen molar-refractivity contribution in [1.82, 2.24) is 0 Å². The van der Waals surface area contributed by atoms with Crippen molar-refractivity contribution in [1.29, 1.82) is 0 Å². The smallest absolute Gasteiger partial charge is 1.00 e. The van der Waals surface area contributed by atoms with E-state index in [1.165, 1.54) is 196 Å². The van der Waals surface area contributed by atoms with E-state index in [0.717, 1.165) is 46.3 Å². The molecule has 84 heavy (non-hydrogen) atoms. The molecule has 4 aliphatic rings. The Morgan fingerprint density at radius 3 is 0.726 bits per heavy atom. The van der Waals surface area contributed by atoms with E-state index in [-0.39, 0.29) is 109 Å². The molecule has 0 radical (unpaired) electrons. The summed E-state index contributed by atoms with van der Waals surface area (Å²) in [6.07, 6.45) is 35.3. The fourth-order valence-electron chi connectivity index (χ4n) is 14.4. The summed E-state index contributed by atoms with van der Waals surface area (Å²) >= 11 is 0. The van der Waals surface area contributed by atoms with Crippen LogP contribution in [0.25, 0.3) is 43.1 Å². The standard InChI is InChI=1S/2C21H28P.2C17H24P.2ClH.2Zr/c2*1-3-11-19(12-4-1)22(20-13-5-2-6-14-20)21-15-17-9-7-8-10-18(17)16-21;2*1-13(2)11-18(12-14(3)4)17-9-15-7-5-6-8-16(15)10-17;;;;/h2*7-10,15-16,19-20H,1-6,11-14H2;2*5-10,13-14H,11-12H2,1-4H3;2*1H;;/q4*-1;;;2*+2/p-2. The van der Waals surface area contributed by atoms with E-state index in [1.807, 2.05) is 0 Å². The maximum absolute atomic E-state index is 2.55. The number of hydrogen-bond acceptors (Lipinski definition) is 0. The molecule has 8 aromatic rings. The minimum absolute atomic E-state index is 0. The molecule has 452 valence electrons. The van der Waals surface area contributed by atoms with Crippen LogP contribution >= 0.6 is 31.7 Å². The Morgan fingerprint density at radius 2 is 0.512 bits per heavy atom. The van der Waals surface area contributed by atoms with Crippen molar-refractivity contribution in [2.24, 2.45) is 23.7 Å². The van der Waals surface area contributed by atoms with E-state index in [2.05, 4.69) is 201 Å². The van der Waals surface area contributed by atoms with Gasteiger partial charge < -0.3 is 24.8 Å². The van der Waals surface area contributed by atoms with Crippen LogP contribution in [-0.4, -0.2) is 47.3 Å². The fourth-order valence-corrected chi connectivity index (χ4v) is 28.1. The van der Waals surface area contributed by atoms with E-state index >= 15 is 0 Å². The Hall–Kier alpha value is -0.614. The van der Waals surface area contributed by atoms with Gasteiger partial charge in [-0.05, 0) is 122 Å². The second-order valence-corrected chi connectivity index (χ2v) is 37.0. The minimum atomic E-state index is 0. The first-order chi connectivity index (χ1) is 38.9. The maximum atomic E-state index is 2.55. The number of halogens is 2. The SMILES string of the molecule is CC(C)CP(CC(C)C)c1cc2ccccc2[cH-]1.CC(C)CP(CC(C)C)c1cc2ccccc2[cH-]1.[Cl-].[Cl-].[Zr+2].[Zr+2].c1ccc2[cH-]c(P(C3CCCCC3)C3CCCCC3)cc2c1.c1ccc2[cH-]c(P(C3CCCCC3)C3CCCCC3)cc2c1.